The fourth-order valence-electron chi connectivity index (χ4n) is 1.48. The minimum absolute atomic E-state index is 0.101. The minimum Gasteiger partial charge on any atom is -0.383 e. The first kappa shape index (κ1) is 13.0. The van der Waals surface area contributed by atoms with Crippen LogP contribution >= 0.6 is 0 Å². The number of benzene rings is 1. The Hall–Kier alpha value is -2.10. The van der Waals surface area contributed by atoms with Crippen LogP contribution < -0.4 is 0 Å². The zero-order valence-corrected chi connectivity index (χ0v) is 10.3. The molecule has 0 bridgehead atoms. The summed E-state index contributed by atoms with van der Waals surface area (Å²) >= 11 is 0. The number of rotatable bonds is 4. The lowest BCUT2D eigenvalue weighted by Crippen LogP contribution is -2.01. The molecule has 17 heavy (non-hydrogen) atoms. The lowest BCUT2D eigenvalue weighted by molar-refractivity contribution is -0.385. The van der Waals surface area contributed by atoms with Crippen molar-refractivity contribution in [2.45, 2.75) is 6.92 Å². The van der Waals surface area contributed by atoms with Crippen molar-refractivity contribution in [2.24, 2.45) is 0 Å². The third-order valence-corrected chi connectivity index (χ3v) is 2.28. The average Bonchev–Trinajstić information content (AvgIpc) is 2.25. The van der Waals surface area contributed by atoms with Crippen LogP contribution in [0.4, 0.5) is 5.69 Å². The van der Waals surface area contributed by atoms with Crippen molar-refractivity contribution in [1.29, 1.82) is 0 Å². The van der Waals surface area contributed by atoms with Gasteiger partial charge in [0.2, 0.25) is 0 Å². The van der Waals surface area contributed by atoms with Gasteiger partial charge in [-0.1, -0.05) is 24.3 Å². The second-order valence-corrected chi connectivity index (χ2v) is 4.06. The predicted molar refractivity (Wildman–Crippen MR) is 70.5 cm³/mol. The summed E-state index contributed by atoms with van der Waals surface area (Å²) in [5.74, 6) is 0. The minimum atomic E-state index is -0.373. The molecule has 4 heteroatoms. The standard InChI is InChI=1S/C13H16N2O2/c1-10(2)11-6-5-7-13(15(16)17)12(11)8-9-14(3)4/h5-9H,1H2,2-4H3/b9-8+. The van der Waals surface area contributed by atoms with E-state index in [1.165, 1.54) is 6.07 Å². The molecule has 0 unspecified atom stereocenters. The Morgan fingerprint density at radius 2 is 2.12 bits per heavy atom. The lowest BCUT2D eigenvalue weighted by Gasteiger charge is -2.08. The highest BCUT2D eigenvalue weighted by molar-refractivity contribution is 5.77. The van der Waals surface area contributed by atoms with Gasteiger partial charge in [0, 0.05) is 20.2 Å². The van der Waals surface area contributed by atoms with E-state index in [1.807, 2.05) is 32.0 Å². The Bertz CT molecular complexity index is 444. The molecule has 0 aromatic heterocycles. The van der Waals surface area contributed by atoms with Crippen molar-refractivity contribution in [1.82, 2.24) is 4.90 Å². The average molecular weight is 232 g/mol. The van der Waals surface area contributed by atoms with Gasteiger partial charge in [-0.3, -0.25) is 10.1 Å². The van der Waals surface area contributed by atoms with Crippen LogP contribution in [0.1, 0.15) is 18.1 Å². The highest BCUT2D eigenvalue weighted by Crippen LogP contribution is 2.27. The maximum atomic E-state index is 11.0. The van der Waals surface area contributed by atoms with Crippen LogP contribution in [-0.2, 0) is 0 Å². The first-order chi connectivity index (χ1) is 7.93. The highest BCUT2D eigenvalue weighted by atomic mass is 16.6. The van der Waals surface area contributed by atoms with E-state index in [0.717, 1.165) is 11.1 Å². The molecule has 1 aromatic rings. The van der Waals surface area contributed by atoms with E-state index < -0.39 is 0 Å². The maximum absolute atomic E-state index is 11.0. The number of allylic oxidation sites excluding steroid dienone is 1. The topological polar surface area (TPSA) is 46.4 Å². The molecule has 1 rings (SSSR count). The van der Waals surface area contributed by atoms with Crippen LogP contribution in [-0.4, -0.2) is 23.9 Å². The Morgan fingerprint density at radius 3 is 2.59 bits per heavy atom. The van der Waals surface area contributed by atoms with Gasteiger partial charge in [0.05, 0.1) is 10.5 Å². The zero-order valence-electron chi connectivity index (χ0n) is 10.3. The maximum Gasteiger partial charge on any atom is 0.277 e. The fraction of sp³-hybridized carbons (Fsp3) is 0.231. The van der Waals surface area contributed by atoms with Gasteiger partial charge in [-0.05, 0) is 24.8 Å². The Balaban J connectivity index is 3.38. The van der Waals surface area contributed by atoms with Crippen molar-refractivity contribution in [2.75, 3.05) is 14.1 Å². The molecule has 0 fully saturated rings. The van der Waals surface area contributed by atoms with Crippen molar-refractivity contribution in [3.63, 3.8) is 0 Å². The largest absolute Gasteiger partial charge is 0.383 e. The van der Waals surface area contributed by atoms with Crippen LogP contribution in [0.2, 0.25) is 0 Å². The fourth-order valence-corrected chi connectivity index (χ4v) is 1.48. The molecule has 90 valence electrons. The first-order valence-electron chi connectivity index (χ1n) is 5.21. The molecule has 0 aliphatic rings. The molecule has 0 saturated carbocycles. The van der Waals surface area contributed by atoms with Gasteiger partial charge < -0.3 is 4.90 Å². The summed E-state index contributed by atoms with van der Waals surface area (Å²) in [6.07, 6.45) is 3.52. The Morgan fingerprint density at radius 1 is 1.47 bits per heavy atom. The number of hydrogen-bond donors (Lipinski definition) is 0. The second-order valence-electron chi connectivity index (χ2n) is 4.06. The van der Waals surface area contributed by atoms with Crippen molar-refractivity contribution in [3.05, 3.63) is 52.2 Å². The second kappa shape index (κ2) is 5.30. The summed E-state index contributed by atoms with van der Waals surface area (Å²) in [6.45, 7) is 5.68. The van der Waals surface area contributed by atoms with E-state index in [2.05, 4.69) is 6.58 Å². The molecular formula is C13H16N2O2. The van der Waals surface area contributed by atoms with Crippen LogP contribution in [0.15, 0.2) is 31.0 Å². The van der Waals surface area contributed by atoms with Gasteiger partial charge >= 0.3 is 0 Å². The molecule has 0 spiro atoms. The summed E-state index contributed by atoms with van der Waals surface area (Å²) in [5.41, 5.74) is 2.31. The van der Waals surface area contributed by atoms with Gasteiger partial charge in [0.1, 0.15) is 0 Å². The quantitative estimate of drug-likeness (QED) is 0.591. The highest BCUT2D eigenvalue weighted by Gasteiger charge is 2.15. The first-order valence-corrected chi connectivity index (χ1v) is 5.21. The molecular weight excluding hydrogens is 216 g/mol. The van der Waals surface area contributed by atoms with Crippen LogP contribution in [0.3, 0.4) is 0 Å². The zero-order chi connectivity index (χ0) is 13.0. The van der Waals surface area contributed by atoms with Crippen LogP contribution in [0.25, 0.3) is 11.6 Å². The number of nitro groups is 1. The summed E-state index contributed by atoms with van der Waals surface area (Å²) < 4.78 is 0. The smallest absolute Gasteiger partial charge is 0.277 e. The van der Waals surface area contributed by atoms with E-state index >= 15 is 0 Å². The SMILES string of the molecule is C=C(C)c1cccc([N+](=O)[O-])c1/C=C/N(C)C. The molecule has 1 aromatic carbocycles. The molecule has 0 radical (unpaired) electrons. The molecule has 0 aliphatic heterocycles. The van der Waals surface area contributed by atoms with E-state index in [0.29, 0.717) is 5.56 Å². The molecule has 0 amide bonds. The van der Waals surface area contributed by atoms with E-state index in [4.69, 9.17) is 0 Å². The number of nitro benzene ring substituents is 1. The molecule has 0 N–H and O–H groups in total. The van der Waals surface area contributed by atoms with E-state index in [9.17, 15) is 10.1 Å². The van der Waals surface area contributed by atoms with Crippen molar-refractivity contribution < 1.29 is 4.92 Å². The van der Waals surface area contributed by atoms with Gasteiger partial charge in [-0.25, -0.2) is 0 Å². The van der Waals surface area contributed by atoms with Gasteiger partial charge in [0.15, 0.2) is 0 Å². The normalized spacial score (nSPS) is 10.5. The van der Waals surface area contributed by atoms with E-state index in [-0.39, 0.29) is 10.6 Å². The van der Waals surface area contributed by atoms with Gasteiger partial charge in [-0.15, -0.1) is 0 Å². The molecule has 0 saturated heterocycles. The Kier molecular flexibility index (Phi) is 4.04. The summed E-state index contributed by atoms with van der Waals surface area (Å²) in [5, 5.41) is 11.0. The summed E-state index contributed by atoms with van der Waals surface area (Å²) in [6, 6.07) is 5.02. The van der Waals surface area contributed by atoms with Crippen LogP contribution in [0, 0.1) is 10.1 Å². The van der Waals surface area contributed by atoms with Gasteiger partial charge in [-0.2, -0.15) is 0 Å². The summed E-state index contributed by atoms with van der Waals surface area (Å²) in [7, 11) is 3.73. The van der Waals surface area contributed by atoms with Crippen LogP contribution in [0.5, 0.6) is 0 Å². The van der Waals surface area contributed by atoms with Gasteiger partial charge in [0.25, 0.3) is 5.69 Å². The molecule has 4 nitrogen and oxygen atoms in total. The Labute approximate surface area is 101 Å². The third kappa shape index (κ3) is 3.17. The number of hydrogen-bond acceptors (Lipinski definition) is 3. The van der Waals surface area contributed by atoms with Crippen molar-refractivity contribution >= 4 is 17.3 Å². The summed E-state index contributed by atoms with van der Waals surface area (Å²) in [4.78, 5) is 12.4. The molecule has 0 aliphatic carbocycles. The molecule has 0 heterocycles. The molecule has 0 atom stereocenters. The number of nitrogens with zero attached hydrogens (tertiary/aromatic N) is 2. The lowest BCUT2D eigenvalue weighted by atomic mass is 10.00. The van der Waals surface area contributed by atoms with Crippen molar-refractivity contribution in [3.8, 4) is 0 Å². The van der Waals surface area contributed by atoms with E-state index in [1.54, 1.807) is 18.3 Å². The predicted octanol–water partition coefficient (Wildman–Crippen LogP) is 3.16. The monoisotopic (exact) mass is 232 g/mol. The third-order valence-electron chi connectivity index (χ3n) is 2.28.